The highest BCUT2D eigenvalue weighted by molar-refractivity contribution is 6.30. The molecule has 118 valence electrons. The van der Waals surface area contributed by atoms with Crippen molar-refractivity contribution in [2.75, 3.05) is 7.05 Å². The number of fused-ring (bicyclic) bond motifs is 1. The lowest BCUT2D eigenvalue weighted by Crippen LogP contribution is -3.12. The van der Waals surface area contributed by atoms with E-state index in [1.54, 1.807) is 0 Å². The highest BCUT2D eigenvalue weighted by Crippen LogP contribution is 2.18. The average molecular weight is 328 g/mol. The van der Waals surface area contributed by atoms with Gasteiger partial charge in [0.1, 0.15) is 12.6 Å². The maximum absolute atomic E-state index is 12.9. The number of aromatic amines is 1. The monoisotopic (exact) mass is 327 g/mol. The van der Waals surface area contributed by atoms with Gasteiger partial charge in [-0.1, -0.05) is 41.9 Å². The SMILES string of the molecule is C[C@H](C(=O)c1c[nH]c2ccccc12)[NH+](C)Cc1cccc(Cl)c1. The second kappa shape index (κ2) is 6.57. The van der Waals surface area contributed by atoms with Crippen LogP contribution in [0.4, 0.5) is 0 Å². The van der Waals surface area contributed by atoms with Crippen molar-refractivity contribution in [3.8, 4) is 0 Å². The van der Waals surface area contributed by atoms with E-state index in [9.17, 15) is 4.79 Å². The van der Waals surface area contributed by atoms with Crippen LogP contribution in [0.3, 0.4) is 0 Å². The number of likely N-dealkylation sites (N-methyl/N-ethyl adjacent to an activating group) is 1. The van der Waals surface area contributed by atoms with E-state index in [-0.39, 0.29) is 11.8 Å². The van der Waals surface area contributed by atoms with Crippen LogP contribution in [0.25, 0.3) is 10.9 Å². The van der Waals surface area contributed by atoms with Gasteiger partial charge < -0.3 is 9.88 Å². The molecule has 2 aromatic carbocycles. The van der Waals surface area contributed by atoms with Gasteiger partial charge in [0, 0.05) is 33.2 Å². The second-order valence-electron chi connectivity index (χ2n) is 5.99. The zero-order chi connectivity index (χ0) is 16.4. The highest BCUT2D eigenvalue weighted by Gasteiger charge is 2.25. The fourth-order valence-electron chi connectivity index (χ4n) is 2.85. The number of hydrogen-bond donors (Lipinski definition) is 2. The first-order valence-corrected chi connectivity index (χ1v) is 8.11. The Labute approximate surface area is 140 Å². The number of carbonyl (C=O) groups excluding carboxylic acids is 1. The minimum atomic E-state index is -0.131. The number of hydrogen-bond acceptors (Lipinski definition) is 1. The second-order valence-corrected chi connectivity index (χ2v) is 6.42. The largest absolute Gasteiger partial charge is 0.360 e. The molecule has 0 aliphatic heterocycles. The van der Waals surface area contributed by atoms with E-state index in [4.69, 9.17) is 11.6 Å². The molecule has 3 nitrogen and oxygen atoms in total. The number of rotatable bonds is 5. The Morgan fingerprint density at radius 1 is 1.22 bits per heavy atom. The summed E-state index contributed by atoms with van der Waals surface area (Å²) in [6, 6.07) is 15.6. The molecular formula is C19H20ClN2O+. The van der Waals surface area contributed by atoms with Gasteiger partial charge in [-0.05, 0) is 25.1 Å². The van der Waals surface area contributed by atoms with Crippen LogP contribution in [0.2, 0.25) is 5.02 Å². The number of H-pyrrole nitrogens is 1. The van der Waals surface area contributed by atoms with Crippen molar-refractivity contribution in [2.24, 2.45) is 0 Å². The van der Waals surface area contributed by atoms with Crippen molar-refractivity contribution in [1.82, 2.24) is 4.98 Å². The smallest absolute Gasteiger partial charge is 0.221 e. The molecule has 0 radical (unpaired) electrons. The van der Waals surface area contributed by atoms with E-state index in [1.807, 2.05) is 68.7 Å². The number of ketones is 1. The molecule has 0 bridgehead atoms. The van der Waals surface area contributed by atoms with Gasteiger partial charge in [-0.15, -0.1) is 0 Å². The Morgan fingerprint density at radius 2 is 2.00 bits per heavy atom. The van der Waals surface area contributed by atoms with E-state index >= 15 is 0 Å². The third kappa shape index (κ3) is 3.31. The van der Waals surface area contributed by atoms with Gasteiger partial charge in [0.25, 0.3) is 0 Å². The van der Waals surface area contributed by atoms with Crippen LogP contribution in [-0.2, 0) is 6.54 Å². The number of benzene rings is 2. The fourth-order valence-corrected chi connectivity index (χ4v) is 3.07. The molecule has 1 heterocycles. The third-order valence-corrected chi connectivity index (χ3v) is 4.59. The zero-order valence-corrected chi connectivity index (χ0v) is 14.0. The van der Waals surface area contributed by atoms with Gasteiger partial charge in [0.05, 0.1) is 7.05 Å². The number of carbonyl (C=O) groups is 1. The summed E-state index contributed by atoms with van der Waals surface area (Å²) in [5.74, 6) is 0.155. The Hall–Kier alpha value is -2.10. The molecule has 0 saturated heterocycles. The van der Waals surface area contributed by atoms with E-state index < -0.39 is 0 Å². The Bertz CT molecular complexity index is 840. The Morgan fingerprint density at radius 3 is 2.78 bits per heavy atom. The van der Waals surface area contributed by atoms with E-state index in [0.717, 1.165) is 38.5 Å². The number of aromatic nitrogens is 1. The minimum Gasteiger partial charge on any atom is -0.360 e. The van der Waals surface area contributed by atoms with Crippen LogP contribution in [0.1, 0.15) is 22.8 Å². The van der Waals surface area contributed by atoms with Crippen molar-refractivity contribution >= 4 is 28.3 Å². The molecular weight excluding hydrogens is 308 g/mol. The molecule has 0 aliphatic rings. The minimum absolute atomic E-state index is 0.131. The summed E-state index contributed by atoms with van der Waals surface area (Å²) in [5, 5.41) is 1.71. The van der Waals surface area contributed by atoms with Crippen molar-refractivity contribution in [3.05, 3.63) is 70.9 Å². The van der Waals surface area contributed by atoms with Gasteiger partial charge in [0.15, 0.2) is 0 Å². The molecule has 23 heavy (non-hydrogen) atoms. The lowest BCUT2D eigenvalue weighted by atomic mass is 10.0. The van der Waals surface area contributed by atoms with Crippen LogP contribution in [-0.4, -0.2) is 23.9 Å². The first kappa shape index (κ1) is 15.8. The maximum atomic E-state index is 12.9. The summed E-state index contributed by atoms with van der Waals surface area (Å²) in [4.78, 5) is 17.2. The molecule has 0 fully saturated rings. The molecule has 2 atom stereocenters. The molecule has 3 rings (SSSR count). The summed E-state index contributed by atoms with van der Waals surface area (Å²) < 4.78 is 0. The van der Waals surface area contributed by atoms with Gasteiger partial charge >= 0.3 is 0 Å². The molecule has 0 amide bonds. The first-order chi connectivity index (χ1) is 11.1. The molecule has 2 N–H and O–H groups in total. The lowest BCUT2D eigenvalue weighted by molar-refractivity contribution is -0.907. The van der Waals surface area contributed by atoms with Crippen LogP contribution in [0, 0.1) is 0 Å². The summed E-state index contributed by atoms with van der Waals surface area (Å²) >= 11 is 6.04. The first-order valence-electron chi connectivity index (χ1n) is 7.73. The molecule has 0 spiro atoms. The summed E-state index contributed by atoms with van der Waals surface area (Å²) in [6.07, 6.45) is 1.82. The lowest BCUT2D eigenvalue weighted by Gasteiger charge is -2.20. The topological polar surface area (TPSA) is 37.3 Å². The molecule has 4 heteroatoms. The number of Topliss-reactive ketones (excluding diaryl/α,β-unsaturated/α-hetero) is 1. The highest BCUT2D eigenvalue weighted by atomic mass is 35.5. The van der Waals surface area contributed by atoms with Crippen molar-refractivity contribution in [2.45, 2.75) is 19.5 Å². The van der Waals surface area contributed by atoms with Crippen LogP contribution >= 0.6 is 11.6 Å². The van der Waals surface area contributed by atoms with Crippen molar-refractivity contribution in [3.63, 3.8) is 0 Å². The molecule has 3 aromatic rings. The van der Waals surface area contributed by atoms with E-state index in [2.05, 4.69) is 4.98 Å². The van der Waals surface area contributed by atoms with Gasteiger partial charge in [-0.25, -0.2) is 0 Å². The normalized spacial score (nSPS) is 13.9. The van der Waals surface area contributed by atoms with Crippen LogP contribution in [0.15, 0.2) is 54.7 Å². The quantitative estimate of drug-likeness (QED) is 0.694. The van der Waals surface area contributed by atoms with Crippen LogP contribution < -0.4 is 4.90 Å². The average Bonchev–Trinajstić information content (AvgIpc) is 2.97. The maximum Gasteiger partial charge on any atom is 0.221 e. The number of nitrogens with one attached hydrogen (secondary N) is 2. The van der Waals surface area contributed by atoms with E-state index in [1.165, 1.54) is 0 Å². The number of quaternary nitrogens is 1. The zero-order valence-electron chi connectivity index (χ0n) is 13.3. The van der Waals surface area contributed by atoms with Gasteiger partial charge in [-0.3, -0.25) is 4.79 Å². The summed E-state index contributed by atoms with van der Waals surface area (Å²) in [7, 11) is 2.04. The van der Waals surface area contributed by atoms with Crippen LogP contribution in [0.5, 0.6) is 0 Å². The van der Waals surface area contributed by atoms with Gasteiger partial charge in [0.2, 0.25) is 5.78 Å². The fraction of sp³-hybridized carbons (Fsp3) is 0.211. The molecule has 1 unspecified atom stereocenters. The predicted octanol–water partition coefficient (Wildman–Crippen LogP) is 3.11. The third-order valence-electron chi connectivity index (χ3n) is 4.36. The summed E-state index contributed by atoms with van der Waals surface area (Å²) in [6.45, 7) is 2.74. The number of halogens is 1. The standard InChI is InChI=1S/C19H19ClN2O/c1-13(22(2)12-14-6-5-7-15(20)10-14)19(23)17-11-21-18-9-4-3-8-16(17)18/h3-11,13,21H,12H2,1-2H3/p+1/t13-/m1/s1. The molecule has 1 aromatic heterocycles. The van der Waals surface area contributed by atoms with Crippen molar-refractivity contribution < 1.29 is 9.69 Å². The number of para-hydroxylation sites is 1. The molecule has 0 saturated carbocycles. The Kier molecular flexibility index (Phi) is 4.51. The predicted molar refractivity (Wildman–Crippen MR) is 94.1 cm³/mol. The van der Waals surface area contributed by atoms with Crippen molar-refractivity contribution in [1.29, 1.82) is 0 Å². The van der Waals surface area contributed by atoms with Gasteiger partial charge in [-0.2, -0.15) is 0 Å². The Balaban J connectivity index is 1.79. The molecule has 0 aliphatic carbocycles. The summed E-state index contributed by atoms with van der Waals surface area (Å²) in [5.41, 5.74) is 2.89. The van der Waals surface area contributed by atoms with E-state index in [0.29, 0.717) is 0 Å².